The van der Waals surface area contributed by atoms with E-state index in [1.165, 1.54) is 0 Å². The van der Waals surface area contributed by atoms with Crippen LogP contribution in [-0.4, -0.2) is 21.9 Å². The number of hydrogen-bond acceptors (Lipinski definition) is 2. The Labute approximate surface area is 74.6 Å². The molecular weight excluding hydrogens is 152 g/mol. The Morgan fingerprint density at radius 2 is 1.75 bits per heavy atom. The normalized spacial score (nSPS) is 13.9. The smallest absolute Gasteiger partial charge is 0.142 e. The molecule has 0 bridgehead atoms. The van der Waals surface area contributed by atoms with Gasteiger partial charge in [0, 0.05) is 0 Å². The Hall–Kier alpha value is -0.520. The summed E-state index contributed by atoms with van der Waals surface area (Å²) in [5, 5.41) is 19.2. The van der Waals surface area contributed by atoms with E-state index in [4.69, 9.17) is 6.42 Å². The highest BCUT2D eigenvalue weighted by atomic mass is 16.3. The average Bonchev–Trinajstić information content (AvgIpc) is 2.04. The highest BCUT2D eigenvalue weighted by Gasteiger charge is 2.32. The zero-order chi connectivity index (χ0) is 9.61. The standard InChI is InChI=1S/C10H18O2/c1-4-7-10(12,8-5-2)9(11)6-3/h3,9,11-12H,4-5,7-8H2,1-2H3. The summed E-state index contributed by atoms with van der Waals surface area (Å²) in [4.78, 5) is 0. The third kappa shape index (κ3) is 2.84. The first-order valence-electron chi connectivity index (χ1n) is 4.47. The zero-order valence-electron chi connectivity index (χ0n) is 7.88. The van der Waals surface area contributed by atoms with E-state index in [1.807, 2.05) is 13.8 Å². The topological polar surface area (TPSA) is 40.5 Å². The Kier molecular flexibility index (Phi) is 4.96. The largest absolute Gasteiger partial charge is 0.386 e. The van der Waals surface area contributed by atoms with E-state index in [0.29, 0.717) is 12.8 Å². The molecule has 0 aromatic rings. The van der Waals surface area contributed by atoms with Gasteiger partial charge in [0.2, 0.25) is 0 Å². The second kappa shape index (κ2) is 5.18. The fourth-order valence-electron chi connectivity index (χ4n) is 1.42. The van der Waals surface area contributed by atoms with Crippen molar-refractivity contribution in [3.8, 4) is 12.3 Å². The molecule has 0 saturated carbocycles. The molecule has 2 heteroatoms. The van der Waals surface area contributed by atoms with E-state index < -0.39 is 11.7 Å². The number of aliphatic hydroxyl groups excluding tert-OH is 1. The number of rotatable bonds is 5. The van der Waals surface area contributed by atoms with Crippen molar-refractivity contribution < 1.29 is 10.2 Å². The minimum atomic E-state index is -1.07. The second-order valence-electron chi connectivity index (χ2n) is 3.17. The lowest BCUT2D eigenvalue weighted by Crippen LogP contribution is -2.41. The molecule has 0 spiro atoms. The minimum absolute atomic E-state index is 0.562. The highest BCUT2D eigenvalue weighted by molar-refractivity contribution is 5.04. The fraction of sp³-hybridized carbons (Fsp3) is 0.800. The Morgan fingerprint density at radius 3 is 2.00 bits per heavy atom. The maximum atomic E-state index is 9.89. The molecule has 0 amide bonds. The fourth-order valence-corrected chi connectivity index (χ4v) is 1.42. The maximum absolute atomic E-state index is 9.89. The summed E-state index contributed by atoms with van der Waals surface area (Å²) in [6, 6.07) is 0. The highest BCUT2D eigenvalue weighted by Crippen LogP contribution is 2.23. The van der Waals surface area contributed by atoms with Crippen molar-refractivity contribution in [3.05, 3.63) is 0 Å². The summed E-state index contributed by atoms with van der Waals surface area (Å²) in [5.41, 5.74) is -1.07. The molecule has 0 aromatic heterocycles. The summed E-state index contributed by atoms with van der Waals surface area (Å²) < 4.78 is 0. The predicted molar refractivity (Wildman–Crippen MR) is 49.6 cm³/mol. The monoisotopic (exact) mass is 170 g/mol. The van der Waals surface area contributed by atoms with Gasteiger partial charge < -0.3 is 10.2 Å². The first-order chi connectivity index (χ1) is 5.60. The van der Waals surface area contributed by atoms with Gasteiger partial charge in [0.05, 0.1) is 0 Å². The Bertz CT molecular complexity index is 152. The molecule has 1 unspecified atom stereocenters. The van der Waals surface area contributed by atoms with Gasteiger partial charge in [-0.25, -0.2) is 0 Å². The molecule has 0 rings (SSSR count). The maximum Gasteiger partial charge on any atom is 0.142 e. The van der Waals surface area contributed by atoms with E-state index in [2.05, 4.69) is 5.92 Å². The van der Waals surface area contributed by atoms with Crippen molar-refractivity contribution in [2.75, 3.05) is 0 Å². The van der Waals surface area contributed by atoms with Crippen molar-refractivity contribution in [1.29, 1.82) is 0 Å². The van der Waals surface area contributed by atoms with Crippen LogP contribution in [0.4, 0.5) is 0 Å². The lowest BCUT2D eigenvalue weighted by molar-refractivity contribution is -0.0604. The number of terminal acetylenes is 1. The molecule has 0 aliphatic rings. The lowest BCUT2D eigenvalue weighted by Gasteiger charge is -2.29. The van der Waals surface area contributed by atoms with Crippen LogP contribution in [0, 0.1) is 12.3 Å². The van der Waals surface area contributed by atoms with Crippen LogP contribution in [0.5, 0.6) is 0 Å². The van der Waals surface area contributed by atoms with E-state index >= 15 is 0 Å². The molecule has 1 atom stereocenters. The van der Waals surface area contributed by atoms with Crippen LogP contribution in [0.3, 0.4) is 0 Å². The third-order valence-corrected chi connectivity index (χ3v) is 2.03. The molecule has 0 heterocycles. The van der Waals surface area contributed by atoms with Crippen LogP contribution in [-0.2, 0) is 0 Å². The van der Waals surface area contributed by atoms with Crippen LogP contribution in [0.2, 0.25) is 0 Å². The van der Waals surface area contributed by atoms with Crippen molar-refractivity contribution in [3.63, 3.8) is 0 Å². The predicted octanol–water partition coefficient (Wildman–Crippen LogP) is 1.31. The van der Waals surface area contributed by atoms with Crippen molar-refractivity contribution >= 4 is 0 Å². The minimum Gasteiger partial charge on any atom is -0.386 e. The van der Waals surface area contributed by atoms with Gasteiger partial charge in [0.25, 0.3) is 0 Å². The van der Waals surface area contributed by atoms with Gasteiger partial charge >= 0.3 is 0 Å². The summed E-state index contributed by atoms with van der Waals surface area (Å²) in [5.74, 6) is 2.18. The Balaban J connectivity index is 4.28. The van der Waals surface area contributed by atoms with E-state index in [9.17, 15) is 10.2 Å². The van der Waals surface area contributed by atoms with Gasteiger partial charge in [-0.1, -0.05) is 32.6 Å². The molecule has 2 N–H and O–H groups in total. The molecule has 0 saturated heterocycles. The lowest BCUT2D eigenvalue weighted by atomic mass is 9.87. The molecule has 12 heavy (non-hydrogen) atoms. The SMILES string of the molecule is C#CC(O)C(O)(CCC)CCC. The van der Waals surface area contributed by atoms with Crippen LogP contribution in [0.25, 0.3) is 0 Å². The molecule has 0 aliphatic carbocycles. The van der Waals surface area contributed by atoms with Gasteiger partial charge in [0.15, 0.2) is 0 Å². The van der Waals surface area contributed by atoms with Crippen LogP contribution in [0.15, 0.2) is 0 Å². The first-order valence-corrected chi connectivity index (χ1v) is 4.47. The molecule has 2 nitrogen and oxygen atoms in total. The number of aliphatic hydroxyl groups is 2. The zero-order valence-corrected chi connectivity index (χ0v) is 7.88. The van der Waals surface area contributed by atoms with E-state index in [-0.39, 0.29) is 0 Å². The first kappa shape index (κ1) is 11.5. The Morgan fingerprint density at radius 1 is 1.33 bits per heavy atom. The van der Waals surface area contributed by atoms with E-state index in [0.717, 1.165) is 12.8 Å². The summed E-state index contributed by atoms with van der Waals surface area (Å²) in [6.07, 6.45) is 6.81. The van der Waals surface area contributed by atoms with Crippen LogP contribution in [0.1, 0.15) is 39.5 Å². The van der Waals surface area contributed by atoms with Gasteiger partial charge in [-0.3, -0.25) is 0 Å². The van der Waals surface area contributed by atoms with Crippen molar-refractivity contribution in [1.82, 2.24) is 0 Å². The molecule has 0 radical (unpaired) electrons. The average molecular weight is 170 g/mol. The summed E-state index contributed by atoms with van der Waals surface area (Å²) >= 11 is 0. The van der Waals surface area contributed by atoms with Crippen LogP contribution < -0.4 is 0 Å². The van der Waals surface area contributed by atoms with Gasteiger partial charge in [-0.2, -0.15) is 0 Å². The van der Waals surface area contributed by atoms with E-state index in [1.54, 1.807) is 0 Å². The molecule has 70 valence electrons. The third-order valence-electron chi connectivity index (χ3n) is 2.03. The molecule has 0 aliphatic heterocycles. The quantitative estimate of drug-likeness (QED) is 0.611. The molecule has 0 fully saturated rings. The molecule has 0 aromatic carbocycles. The van der Waals surface area contributed by atoms with Gasteiger partial charge in [0.1, 0.15) is 11.7 Å². The summed E-state index contributed by atoms with van der Waals surface area (Å²) in [7, 11) is 0. The summed E-state index contributed by atoms with van der Waals surface area (Å²) in [6.45, 7) is 3.92. The van der Waals surface area contributed by atoms with Crippen molar-refractivity contribution in [2.24, 2.45) is 0 Å². The second-order valence-corrected chi connectivity index (χ2v) is 3.17. The molecular formula is C10H18O2. The van der Waals surface area contributed by atoms with Crippen LogP contribution >= 0.6 is 0 Å². The van der Waals surface area contributed by atoms with Gasteiger partial charge in [-0.05, 0) is 12.8 Å². The number of hydrogen-bond donors (Lipinski definition) is 2. The van der Waals surface area contributed by atoms with Gasteiger partial charge in [-0.15, -0.1) is 6.42 Å². The van der Waals surface area contributed by atoms with Crippen molar-refractivity contribution in [2.45, 2.75) is 51.2 Å².